The molecule has 11 nitrogen and oxygen atoms in total. The second kappa shape index (κ2) is 11.3. The topological polar surface area (TPSA) is 117 Å². The van der Waals surface area contributed by atoms with Crippen molar-refractivity contribution < 1.29 is 19.0 Å². The molecule has 5 aromatic rings. The standard InChI is InChI=1S/C35H43FN8O3S/c1-4-20-7-5-8-21-13-24-23(15-37-40-24)26(25(20)21)28-30-29(42(3)41-28)27-31(43-11-12-46-18-34(2,45)17-43)38-33(39-32(27)48-30)47-19-35-9-6-10-44(35)16-22(36)14-35/h13,15,20,22,45H,4-12,14,16-19H2,1-3H3,(H,37,40)/t20-,22-,34+,35+/m1/s1. The lowest BCUT2D eigenvalue weighted by molar-refractivity contribution is -0.0123. The molecule has 4 aliphatic rings. The van der Waals surface area contributed by atoms with E-state index in [0.29, 0.717) is 51.0 Å². The van der Waals surface area contributed by atoms with Gasteiger partial charge < -0.3 is 19.5 Å². The van der Waals surface area contributed by atoms with E-state index in [4.69, 9.17) is 24.5 Å². The van der Waals surface area contributed by atoms with Crippen LogP contribution in [0.15, 0.2) is 12.3 Å². The Bertz CT molecular complexity index is 2040. The second-order valence-electron chi connectivity index (χ2n) is 14.8. The number of β-amino-alcohol motifs (C(OH)–C–C–N with tert-alkyl or cyclic N) is 1. The smallest absolute Gasteiger partial charge is 0.319 e. The first-order valence-electron chi connectivity index (χ1n) is 17.5. The highest BCUT2D eigenvalue weighted by Crippen LogP contribution is 2.49. The normalized spacial score (nSPS) is 28.1. The van der Waals surface area contributed by atoms with E-state index in [0.717, 1.165) is 75.7 Å². The lowest BCUT2D eigenvalue weighted by Gasteiger charge is -2.31. The van der Waals surface area contributed by atoms with Gasteiger partial charge in [-0.1, -0.05) is 6.92 Å². The van der Waals surface area contributed by atoms with E-state index in [2.05, 4.69) is 33.0 Å². The summed E-state index contributed by atoms with van der Waals surface area (Å²) < 4.78 is 29.9. The molecule has 0 saturated carbocycles. The first-order valence-corrected chi connectivity index (χ1v) is 18.3. The van der Waals surface area contributed by atoms with E-state index < -0.39 is 11.8 Å². The molecule has 1 aromatic carbocycles. The molecule has 0 radical (unpaired) electrons. The molecule has 0 spiro atoms. The third-order valence-corrected chi connectivity index (χ3v) is 12.3. The van der Waals surface area contributed by atoms with Crippen molar-refractivity contribution in [3.05, 3.63) is 23.4 Å². The number of aromatic nitrogens is 6. The minimum Gasteiger partial charge on any atom is -0.461 e. The Labute approximate surface area is 282 Å². The zero-order valence-electron chi connectivity index (χ0n) is 27.9. The largest absolute Gasteiger partial charge is 0.461 e. The summed E-state index contributed by atoms with van der Waals surface area (Å²) in [6, 6.07) is 2.57. The molecule has 1 aliphatic carbocycles. The number of thiophene rings is 1. The summed E-state index contributed by atoms with van der Waals surface area (Å²) in [4.78, 5) is 15.3. The van der Waals surface area contributed by atoms with E-state index in [-0.39, 0.29) is 18.2 Å². The maximum Gasteiger partial charge on any atom is 0.319 e. The summed E-state index contributed by atoms with van der Waals surface area (Å²) in [5.41, 5.74) is 5.51. The van der Waals surface area contributed by atoms with Crippen LogP contribution in [0.4, 0.5) is 10.2 Å². The van der Waals surface area contributed by atoms with E-state index >= 15 is 0 Å². The number of anilines is 1. The van der Waals surface area contributed by atoms with Crippen molar-refractivity contribution in [1.82, 2.24) is 34.8 Å². The number of nitrogens with zero attached hydrogens (tertiary/aromatic N) is 7. The highest BCUT2D eigenvalue weighted by molar-refractivity contribution is 7.26. The fourth-order valence-corrected chi connectivity index (χ4v) is 10.3. The second-order valence-corrected chi connectivity index (χ2v) is 15.7. The van der Waals surface area contributed by atoms with Crippen LogP contribution >= 0.6 is 11.3 Å². The van der Waals surface area contributed by atoms with Gasteiger partial charge in [-0.25, -0.2) is 4.39 Å². The fraction of sp³-hybridized carbons (Fsp3) is 0.600. The molecule has 9 rings (SSSR count). The summed E-state index contributed by atoms with van der Waals surface area (Å²) >= 11 is 1.61. The number of hydrogen-bond acceptors (Lipinski definition) is 10. The summed E-state index contributed by atoms with van der Waals surface area (Å²) in [7, 11) is 1.99. The summed E-state index contributed by atoms with van der Waals surface area (Å²) in [5, 5.41) is 26.1. The number of benzene rings is 1. The van der Waals surface area contributed by atoms with Crippen molar-refractivity contribution in [3.63, 3.8) is 0 Å². The maximum absolute atomic E-state index is 14.6. The van der Waals surface area contributed by atoms with Crippen molar-refractivity contribution in [2.24, 2.45) is 7.05 Å². The highest BCUT2D eigenvalue weighted by Gasteiger charge is 2.49. The van der Waals surface area contributed by atoms with Crippen LogP contribution in [-0.2, 0) is 18.2 Å². The van der Waals surface area contributed by atoms with Crippen LogP contribution in [0.1, 0.15) is 69.4 Å². The maximum atomic E-state index is 14.6. The molecule has 7 heterocycles. The van der Waals surface area contributed by atoms with Gasteiger partial charge in [-0.2, -0.15) is 20.2 Å². The van der Waals surface area contributed by atoms with E-state index in [1.54, 1.807) is 18.3 Å². The Hall–Kier alpha value is -3.39. The van der Waals surface area contributed by atoms with Crippen LogP contribution in [0.25, 0.3) is 42.6 Å². The van der Waals surface area contributed by atoms with Gasteiger partial charge in [0.25, 0.3) is 0 Å². The summed E-state index contributed by atoms with van der Waals surface area (Å²) in [5.74, 6) is 1.16. The Morgan fingerprint density at radius 1 is 1.25 bits per heavy atom. The predicted octanol–water partition coefficient (Wildman–Crippen LogP) is 5.49. The van der Waals surface area contributed by atoms with Gasteiger partial charge >= 0.3 is 6.01 Å². The van der Waals surface area contributed by atoms with E-state index in [1.165, 1.54) is 23.1 Å². The van der Waals surface area contributed by atoms with Gasteiger partial charge in [0.2, 0.25) is 0 Å². The first kappa shape index (κ1) is 30.7. The SMILES string of the molecule is CC[C@@H]1CCCc2cc3[nH]ncc3c(-c3nn(C)c4c3sc3nc(OC[C@@]56CCCN5C[C@H](F)C6)nc(N5CCOC[C@@](C)(O)C5)c34)c21. The lowest BCUT2D eigenvalue weighted by atomic mass is 9.77. The van der Waals surface area contributed by atoms with Crippen molar-refractivity contribution in [3.8, 4) is 17.3 Å². The fourth-order valence-electron chi connectivity index (χ4n) is 9.13. The van der Waals surface area contributed by atoms with Gasteiger partial charge in [-0.3, -0.25) is 14.7 Å². The van der Waals surface area contributed by atoms with Crippen LogP contribution in [0.2, 0.25) is 0 Å². The number of H-pyrrole nitrogens is 1. The van der Waals surface area contributed by atoms with Crippen LogP contribution in [0, 0.1) is 0 Å². The Morgan fingerprint density at radius 3 is 3.02 bits per heavy atom. The van der Waals surface area contributed by atoms with Crippen molar-refractivity contribution in [2.45, 2.75) is 82.0 Å². The van der Waals surface area contributed by atoms with Gasteiger partial charge in [0.05, 0.1) is 52.6 Å². The highest BCUT2D eigenvalue weighted by atomic mass is 32.1. The quantitative estimate of drug-likeness (QED) is 0.241. The third kappa shape index (κ3) is 4.83. The average Bonchev–Trinajstić information content (AvgIpc) is 3.86. The van der Waals surface area contributed by atoms with Gasteiger partial charge in [0, 0.05) is 37.5 Å². The molecular formula is C35H43FN8O3S. The lowest BCUT2D eigenvalue weighted by Crippen LogP contribution is -2.43. The van der Waals surface area contributed by atoms with Crippen LogP contribution in [0.5, 0.6) is 6.01 Å². The summed E-state index contributed by atoms with van der Waals surface area (Å²) in [6.45, 7) is 7.42. The number of aryl methyl sites for hydroxylation is 2. The van der Waals surface area contributed by atoms with Gasteiger partial charge in [0.1, 0.15) is 34.7 Å². The molecule has 3 saturated heterocycles. The average molecular weight is 675 g/mol. The molecule has 4 aromatic heterocycles. The van der Waals surface area contributed by atoms with E-state index in [1.807, 2.05) is 17.9 Å². The molecule has 3 aliphatic heterocycles. The molecule has 0 amide bonds. The Kier molecular flexibility index (Phi) is 7.23. The van der Waals surface area contributed by atoms with E-state index in [9.17, 15) is 9.50 Å². The molecule has 254 valence electrons. The summed E-state index contributed by atoms with van der Waals surface area (Å²) in [6.07, 6.45) is 8.00. The van der Waals surface area contributed by atoms with Gasteiger partial charge in [-0.05, 0) is 75.1 Å². The van der Waals surface area contributed by atoms with Crippen LogP contribution in [-0.4, -0.2) is 103 Å². The van der Waals surface area contributed by atoms with Crippen LogP contribution in [0.3, 0.4) is 0 Å². The zero-order valence-corrected chi connectivity index (χ0v) is 28.7. The number of ether oxygens (including phenoxy) is 2. The molecular weight excluding hydrogens is 632 g/mol. The van der Waals surface area contributed by atoms with Crippen molar-refractivity contribution >= 4 is 48.5 Å². The predicted molar refractivity (Wildman–Crippen MR) is 185 cm³/mol. The Balaban J connectivity index is 1.23. The Morgan fingerprint density at radius 2 is 2.15 bits per heavy atom. The minimum absolute atomic E-state index is 0.247. The molecule has 3 fully saturated rings. The molecule has 4 atom stereocenters. The third-order valence-electron chi connectivity index (χ3n) is 11.3. The molecule has 13 heteroatoms. The van der Waals surface area contributed by atoms with Gasteiger partial charge in [-0.15, -0.1) is 11.3 Å². The van der Waals surface area contributed by atoms with Crippen LogP contribution < -0.4 is 9.64 Å². The number of nitrogens with one attached hydrogen (secondary N) is 1. The number of fused-ring (bicyclic) bond motifs is 6. The van der Waals surface area contributed by atoms with Crippen molar-refractivity contribution in [1.29, 1.82) is 0 Å². The van der Waals surface area contributed by atoms with Gasteiger partial charge in [0.15, 0.2) is 0 Å². The first-order chi connectivity index (χ1) is 23.2. The number of rotatable bonds is 6. The minimum atomic E-state index is -1.06. The number of hydrogen-bond donors (Lipinski definition) is 2. The molecule has 0 unspecified atom stereocenters. The molecule has 2 N–H and O–H groups in total. The zero-order chi connectivity index (χ0) is 32.8. The van der Waals surface area contributed by atoms with Crippen molar-refractivity contribution in [2.75, 3.05) is 50.9 Å². The number of alkyl halides is 1. The number of halogens is 1. The number of aromatic amines is 1. The molecule has 0 bridgehead atoms. The number of aliphatic hydroxyl groups is 1. The molecule has 48 heavy (non-hydrogen) atoms. The monoisotopic (exact) mass is 674 g/mol.